The minimum absolute atomic E-state index is 0.197. The van der Waals surface area contributed by atoms with Gasteiger partial charge in [-0.3, -0.25) is 4.79 Å². The van der Waals surface area contributed by atoms with Gasteiger partial charge in [-0.2, -0.15) is 0 Å². The highest BCUT2D eigenvalue weighted by molar-refractivity contribution is 5.94. The first-order chi connectivity index (χ1) is 9.08. The molecule has 5 heteroatoms. The first kappa shape index (κ1) is 13.3. The second-order valence-electron chi connectivity index (χ2n) is 4.42. The summed E-state index contributed by atoms with van der Waals surface area (Å²) in [6.07, 6.45) is 4.25. The van der Waals surface area contributed by atoms with E-state index in [0.29, 0.717) is 24.1 Å². The molecule has 19 heavy (non-hydrogen) atoms. The van der Waals surface area contributed by atoms with Crippen LogP contribution in [0.5, 0.6) is 0 Å². The van der Waals surface area contributed by atoms with E-state index in [1.54, 1.807) is 19.2 Å². The highest BCUT2D eigenvalue weighted by Gasteiger charge is 2.07. The molecule has 2 aromatic rings. The number of amides is 1. The minimum atomic E-state index is -0.301. The molecule has 0 bridgehead atoms. The Kier molecular flexibility index (Phi) is 3.94. The van der Waals surface area contributed by atoms with Crippen LogP contribution in [0.1, 0.15) is 21.7 Å². The molecule has 1 N–H and O–H groups in total. The van der Waals surface area contributed by atoms with Crippen molar-refractivity contribution in [1.82, 2.24) is 14.9 Å². The molecule has 0 spiro atoms. The van der Waals surface area contributed by atoms with Crippen LogP contribution >= 0.6 is 0 Å². The van der Waals surface area contributed by atoms with Gasteiger partial charge in [0.2, 0.25) is 0 Å². The van der Waals surface area contributed by atoms with E-state index < -0.39 is 0 Å². The van der Waals surface area contributed by atoms with Crippen molar-refractivity contribution in [2.75, 3.05) is 6.54 Å². The normalized spacial score (nSPS) is 10.5. The fourth-order valence-electron chi connectivity index (χ4n) is 1.81. The van der Waals surface area contributed by atoms with E-state index in [4.69, 9.17) is 0 Å². The van der Waals surface area contributed by atoms with Gasteiger partial charge in [-0.25, -0.2) is 9.37 Å². The van der Waals surface area contributed by atoms with E-state index in [1.807, 2.05) is 17.8 Å². The number of halogens is 1. The minimum Gasteiger partial charge on any atom is -0.352 e. The lowest BCUT2D eigenvalue weighted by molar-refractivity contribution is 0.0954. The maximum absolute atomic E-state index is 13.1. The number of nitrogens with one attached hydrogen (secondary N) is 1. The summed E-state index contributed by atoms with van der Waals surface area (Å²) in [5.41, 5.74) is 0.940. The second kappa shape index (κ2) is 5.65. The number of carbonyl (C=O) groups is 1. The zero-order valence-corrected chi connectivity index (χ0v) is 11.0. The number of rotatable bonds is 4. The van der Waals surface area contributed by atoms with Crippen LogP contribution in [-0.4, -0.2) is 22.0 Å². The van der Waals surface area contributed by atoms with Crippen LogP contribution in [0.15, 0.2) is 30.6 Å². The topological polar surface area (TPSA) is 46.9 Å². The summed E-state index contributed by atoms with van der Waals surface area (Å²) < 4.78 is 15.0. The fourth-order valence-corrected chi connectivity index (χ4v) is 1.81. The third kappa shape index (κ3) is 3.19. The highest BCUT2D eigenvalue weighted by Crippen LogP contribution is 2.09. The van der Waals surface area contributed by atoms with Crippen LogP contribution in [0.2, 0.25) is 0 Å². The molecule has 1 aromatic heterocycles. The summed E-state index contributed by atoms with van der Waals surface area (Å²) in [7, 11) is 1.91. The van der Waals surface area contributed by atoms with Crippen LogP contribution in [0.4, 0.5) is 4.39 Å². The van der Waals surface area contributed by atoms with E-state index in [0.717, 1.165) is 5.82 Å². The summed E-state index contributed by atoms with van der Waals surface area (Å²) in [5.74, 6) is 0.414. The number of aromatic nitrogens is 2. The van der Waals surface area contributed by atoms with Gasteiger partial charge < -0.3 is 9.88 Å². The third-order valence-electron chi connectivity index (χ3n) is 2.98. The largest absolute Gasteiger partial charge is 0.352 e. The van der Waals surface area contributed by atoms with Gasteiger partial charge in [0.05, 0.1) is 0 Å². The summed E-state index contributed by atoms with van der Waals surface area (Å²) in [4.78, 5) is 16.0. The van der Waals surface area contributed by atoms with E-state index in [1.165, 1.54) is 12.1 Å². The Bertz CT molecular complexity index is 592. The van der Waals surface area contributed by atoms with Gasteiger partial charge in [0.25, 0.3) is 5.91 Å². The Morgan fingerprint density at radius 2 is 2.26 bits per heavy atom. The predicted molar refractivity (Wildman–Crippen MR) is 70.4 cm³/mol. The van der Waals surface area contributed by atoms with Crippen molar-refractivity contribution in [2.24, 2.45) is 7.05 Å². The molecule has 0 aliphatic heterocycles. The van der Waals surface area contributed by atoms with Crippen LogP contribution in [-0.2, 0) is 13.5 Å². The summed E-state index contributed by atoms with van der Waals surface area (Å²) in [6, 6.07) is 4.34. The van der Waals surface area contributed by atoms with Gasteiger partial charge in [0.1, 0.15) is 11.6 Å². The molecule has 0 radical (unpaired) electrons. The van der Waals surface area contributed by atoms with Crippen molar-refractivity contribution in [3.63, 3.8) is 0 Å². The fraction of sp³-hybridized carbons (Fsp3) is 0.286. The average molecular weight is 261 g/mol. The van der Waals surface area contributed by atoms with Gasteiger partial charge in [-0.05, 0) is 30.7 Å². The molecule has 0 atom stereocenters. The SMILES string of the molecule is Cc1cc(C(=O)NCCc2nccn2C)ccc1F. The lowest BCUT2D eigenvalue weighted by atomic mass is 10.1. The van der Waals surface area contributed by atoms with Gasteiger partial charge in [0, 0.05) is 38.0 Å². The molecule has 1 aromatic carbocycles. The quantitative estimate of drug-likeness (QED) is 0.913. The smallest absolute Gasteiger partial charge is 0.251 e. The number of carbonyl (C=O) groups excluding carboxylic acids is 1. The van der Waals surface area contributed by atoms with Crippen molar-refractivity contribution >= 4 is 5.91 Å². The van der Waals surface area contributed by atoms with E-state index in [2.05, 4.69) is 10.3 Å². The molecule has 0 saturated carbocycles. The molecule has 0 saturated heterocycles. The summed E-state index contributed by atoms with van der Waals surface area (Å²) >= 11 is 0. The molecule has 100 valence electrons. The molecule has 2 rings (SSSR count). The van der Waals surface area contributed by atoms with E-state index in [9.17, 15) is 9.18 Å². The Labute approximate surface area is 111 Å². The van der Waals surface area contributed by atoms with Gasteiger partial charge in [-0.1, -0.05) is 0 Å². The lowest BCUT2D eigenvalue weighted by Crippen LogP contribution is -2.26. The molecule has 4 nitrogen and oxygen atoms in total. The van der Waals surface area contributed by atoms with Gasteiger partial charge in [0.15, 0.2) is 0 Å². The molecular weight excluding hydrogens is 245 g/mol. The number of benzene rings is 1. The van der Waals surface area contributed by atoms with Gasteiger partial charge in [-0.15, -0.1) is 0 Å². The first-order valence-electron chi connectivity index (χ1n) is 6.08. The Balaban J connectivity index is 1.91. The first-order valence-corrected chi connectivity index (χ1v) is 6.08. The zero-order valence-electron chi connectivity index (χ0n) is 11.0. The number of imidazole rings is 1. The maximum Gasteiger partial charge on any atom is 0.251 e. The van der Waals surface area contributed by atoms with Crippen LogP contribution < -0.4 is 5.32 Å². The molecule has 1 heterocycles. The van der Waals surface area contributed by atoms with Crippen molar-refractivity contribution in [1.29, 1.82) is 0 Å². The van der Waals surface area contributed by atoms with Crippen molar-refractivity contribution in [2.45, 2.75) is 13.3 Å². The molecule has 0 aliphatic carbocycles. The molecular formula is C14H16FN3O. The third-order valence-corrected chi connectivity index (χ3v) is 2.98. The number of hydrogen-bond acceptors (Lipinski definition) is 2. The Morgan fingerprint density at radius 1 is 1.47 bits per heavy atom. The average Bonchev–Trinajstić information content (AvgIpc) is 2.78. The summed E-state index contributed by atoms with van der Waals surface area (Å²) in [6.45, 7) is 2.14. The van der Waals surface area contributed by atoms with Crippen molar-refractivity contribution in [3.8, 4) is 0 Å². The van der Waals surface area contributed by atoms with Crippen LogP contribution in [0.3, 0.4) is 0 Å². The monoisotopic (exact) mass is 261 g/mol. The van der Waals surface area contributed by atoms with E-state index in [-0.39, 0.29) is 11.7 Å². The molecule has 0 fully saturated rings. The Morgan fingerprint density at radius 3 is 2.89 bits per heavy atom. The molecule has 1 amide bonds. The number of aryl methyl sites for hydroxylation is 2. The number of hydrogen-bond donors (Lipinski definition) is 1. The van der Waals surface area contributed by atoms with Crippen molar-refractivity contribution in [3.05, 3.63) is 53.4 Å². The summed E-state index contributed by atoms with van der Waals surface area (Å²) in [5, 5.41) is 2.80. The highest BCUT2D eigenvalue weighted by atomic mass is 19.1. The van der Waals surface area contributed by atoms with Crippen molar-refractivity contribution < 1.29 is 9.18 Å². The molecule has 0 aliphatic rings. The zero-order chi connectivity index (χ0) is 13.8. The maximum atomic E-state index is 13.1. The number of nitrogens with zero attached hydrogens (tertiary/aromatic N) is 2. The predicted octanol–water partition coefficient (Wildman–Crippen LogP) is 1.84. The lowest BCUT2D eigenvalue weighted by Gasteiger charge is -2.06. The Hall–Kier alpha value is -2.17. The van der Waals surface area contributed by atoms with E-state index >= 15 is 0 Å². The standard InChI is InChI=1S/C14H16FN3O/c1-10-9-11(3-4-12(10)15)14(19)17-6-5-13-16-7-8-18(13)2/h3-4,7-9H,5-6H2,1-2H3,(H,17,19). The second-order valence-corrected chi connectivity index (χ2v) is 4.42. The van der Waals surface area contributed by atoms with Crippen LogP contribution in [0.25, 0.3) is 0 Å². The van der Waals surface area contributed by atoms with Crippen LogP contribution in [0, 0.1) is 12.7 Å². The van der Waals surface area contributed by atoms with Gasteiger partial charge >= 0.3 is 0 Å². The molecule has 0 unspecified atom stereocenters.